The second-order valence-electron chi connectivity index (χ2n) is 6.58. The molecule has 0 aliphatic carbocycles. The summed E-state index contributed by atoms with van der Waals surface area (Å²) in [7, 11) is 3.25. The van der Waals surface area contributed by atoms with Gasteiger partial charge in [-0.2, -0.15) is 4.98 Å². The number of methoxy groups -OCH3 is 2. The van der Waals surface area contributed by atoms with Gasteiger partial charge in [-0.3, -0.25) is 9.69 Å². The first-order chi connectivity index (χ1) is 13.1. The summed E-state index contributed by atoms with van der Waals surface area (Å²) in [6, 6.07) is 5.99. The van der Waals surface area contributed by atoms with Crippen LogP contribution in [0.4, 0.5) is 0 Å². The van der Waals surface area contributed by atoms with Gasteiger partial charge >= 0.3 is 0 Å². The van der Waals surface area contributed by atoms with E-state index < -0.39 is 0 Å². The highest BCUT2D eigenvalue weighted by atomic mass is 16.5. The van der Waals surface area contributed by atoms with E-state index in [-0.39, 0.29) is 18.4 Å². The summed E-state index contributed by atoms with van der Waals surface area (Å²) < 4.78 is 15.7. The summed E-state index contributed by atoms with van der Waals surface area (Å²) in [6.07, 6.45) is 2.44. The maximum Gasteiger partial charge on any atom is 0.227 e. The van der Waals surface area contributed by atoms with Gasteiger partial charge in [0.05, 0.1) is 26.7 Å². The Kier molecular flexibility index (Phi) is 6.28. The molecule has 2 aromatic rings. The number of benzene rings is 1. The number of nitrogens with one attached hydrogen (secondary N) is 1. The third-order valence-electron chi connectivity index (χ3n) is 4.75. The summed E-state index contributed by atoms with van der Waals surface area (Å²) in [5.41, 5.74) is 1.09. The van der Waals surface area contributed by atoms with Gasteiger partial charge in [-0.05, 0) is 43.6 Å². The summed E-state index contributed by atoms with van der Waals surface area (Å²) in [5, 5.41) is 6.78. The molecule has 1 saturated heterocycles. The van der Waals surface area contributed by atoms with Crippen molar-refractivity contribution >= 4 is 5.91 Å². The van der Waals surface area contributed by atoms with Crippen LogP contribution < -0.4 is 14.8 Å². The lowest BCUT2D eigenvalue weighted by atomic mass is 10.0. The van der Waals surface area contributed by atoms with Crippen LogP contribution in [0.5, 0.6) is 11.5 Å². The van der Waals surface area contributed by atoms with Crippen LogP contribution in [0.15, 0.2) is 22.7 Å². The number of hydrogen-bond donors (Lipinski definition) is 1. The SMILES string of the molecule is COc1ccc(C(CNC(=O)Cc2noc(C)n2)N2CCCC2)cc1OC. The van der Waals surface area contributed by atoms with Gasteiger partial charge in [0, 0.05) is 13.5 Å². The molecule has 1 atom stereocenters. The quantitative estimate of drug-likeness (QED) is 0.755. The highest BCUT2D eigenvalue weighted by Gasteiger charge is 2.25. The van der Waals surface area contributed by atoms with Crippen LogP contribution in [0.25, 0.3) is 0 Å². The second kappa shape index (κ2) is 8.85. The van der Waals surface area contributed by atoms with Crippen LogP contribution >= 0.6 is 0 Å². The topological polar surface area (TPSA) is 89.7 Å². The Morgan fingerprint density at radius 2 is 2.00 bits per heavy atom. The molecule has 1 unspecified atom stereocenters. The molecule has 1 aromatic carbocycles. The molecule has 3 rings (SSSR count). The van der Waals surface area contributed by atoms with E-state index in [0.29, 0.717) is 29.8 Å². The van der Waals surface area contributed by atoms with Crippen LogP contribution in [0.3, 0.4) is 0 Å². The maximum atomic E-state index is 12.3. The molecule has 0 spiro atoms. The first-order valence-corrected chi connectivity index (χ1v) is 9.12. The van der Waals surface area contributed by atoms with Crippen molar-refractivity contribution in [3.05, 3.63) is 35.5 Å². The molecule has 146 valence electrons. The molecular weight excluding hydrogens is 348 g/mol. The van der Waals surface area contributed by atoms with Crippen LogP contribution in [0.2, 0.25) is 0 Å². The molecule has 1 aliphatic rings. The third kappa shape index (κ3) is 4.77. The molecule has 0 saturated carbocycles. The number of carbonyl (C=O) groups excluding carboxylic acids is 1. The Morgan fingerprint density at radius 3 is 2.63 bits per heavy atom. The highest BCUT2D eigenvalue weighted by molar-refractivity contribution is 5.77. The van der Waals surface area contributed by atoms with Crippen molar-refractivity contribution in [2.45, 2.75) is 32.2 Å². The zero-order chi connectivity index (χ0) is 19.2. The van der Waals surface area contributed by atoms with Crippen LogP contribution in [0, 0.1) is 6.92 Å². The molecule has 0 bridgehead atoms. The molecule has 2 heterocycles. The first-order valence-electron chi connectivity index (χ1n) is 9.12. The number of ether oxygens (including phenoxy) is 2. The predicted octanol–water partition coefficient (Wildman–Crippen LogP) is 1.89. The monoisotopic (exact) mass is 374 g/mol. The van der Waals surface area contributed by atoms with Crippen molar-refractivity contribution in [3.63, 3.8) is 0 Å². The number of hydrogen-bond acceptors (Lipinski definition) is 7. The Morgan fingerprint density at radius 1 is 1.26 bits per heavy atom. The molecular formula is C19H26N4O4. The molecule has 1 aromatic heterocycles. The first kappa shape index (κ1) is 19.2. The summed E-state index contributed by atoms with van der Waals surface area (Å²) in [4.78, 5) is 18.8. The number of amides is 1. The molecule has 1 aliphatic heterocycles. The average molecular weight is 374 g/mol. The minimum atomic E-state index is -0.125. The largest absolute Gasteiger partial charge is 0.493 e. The van der Waals surface area contributed by atoms with Crippen LogP contribution in [-0.2, 0) is 11.2 Å². The Hall–Kier alpha value is -2.61. The fourth-order valence-corrected chi connectivity index (χ4v) is 3.40. The van der Waals surface area contributed by atoms with E-state index in [4.69, 9.17) is 14.0 Å². The number of carbonyl (C=O) groups is 1. The molecule has 1 fully saturated rings. The van der Waals surface area contributed by atoms with Crippen molar-refractivity contribution in [1.82, 2.24) is 20.4 Å². The number of likely N-dealkylation sites (tertiary alicyclic amines) is 1. The van der Waals surface area contributed by atoms with E-state index in [1.807, 2.05) is 18.2 Å². The fourth-order valence-electron chi connectivity index (χ4n) is 3.40. The van der Waals surface area contributed by atoms with Crippen molar-refractivity contribution in [2.24, 2.45) is 0 Å². The molecule has 1 amide bonds. The van der Waals surface area contributed by atoms with Crippen molar-refractivity contribution < 1.29 is 18.8 Å². The summed E-state index contributed by atoms with van der Waals surface area (Å²) in [5.74, 6) is 2.11. The van der Waals surface area contributed by atoms with Crippen molar-refractivity contribution in [3.8, 4) is 11.5 Å². The van der Waals surface area contributed by atoms with Crippen LogP contribution in [-0.4, -0.2) is 54.8 Å². The third-order valence-corrected chi connectivity index (χ3v) is 4.75. The number of aromatic nitrogens is 2. The van der Waals surface area contributed by atoms with E-state index in [2.05, 4.69) is 20.4 Å². The Bertz CT molecular complexity index is 771. The van der Waals surface area contributed by atoms with Gasteiger partial charge in [0.15, 0.2) is 17.3 Å². The normalized spacial score (nSPS) is 15.5. The minimum absolute atomic E-state index is 0.0725. The van der Waals surface area contributed by atoms with E-state index in [9.17, 15) is 4.79 Å². The predicted molar refractivity (Wildman–Crippen MR) is 98.8 cm³/mol. The Labute approximate surface area is 158 Å². The van der Waals surface area contributed by atoms with E-state index in [0.717, 1.165) is 18.7 Å². The lowest BCUT2D eigenvalue weighted by Gasteiger charge is -2.28. The van der Waals surface area contributed by atoms with Gasteiger partial charge in [0.2, 0.25) is 11.8 Å². The van der Waals surface area contributed by atoms with Crippen LogP contribution in [0.1, 0.15) is 36.2 Å². The van der Waals surface area contributed by atoms with E-state index in [1.54, 1.807) is 21.1 Å². The van der Waals surface area contributed by atoms with Gasteiger partial charge < -0.3 is 19.3 Å². The zero-order valence-electron chi connectivity index (χ0n) is 16.0. The van der Waals surface area contributed by atoms with E-state index >= 15 is 0 Å². The molecule has 1 N–H and O–H groups in total. The fraction of sp³-hybridized carbons (Fsp3) is 0.526. The van der Waals surface area contributed by atoms with Gasteiger partial charge in [0.1, 0.15) is 0 Å². The number of rotatable bonds is 8. The van der Waals surface area contributed by atoms with Gasteiger partial charge in [-0.1, -0.05) is 11.2 Å². The highest BCUT2D eigenvalue weighted by Crippen LogP contribution is 2.33. The van der Waals surface area contributed by atoms with Gasteiger partial charge in [-0.15, -0.1) is 0 Å². The van der Waals surface area contributed by atoms with E-state index in [1.165, 1.54) is 12.8 Å². The Balaban J connectivity index is 1.71. The number of nitrogens with zero attached hydrogens (tertiary/aromatic N) is 3. The van der Waals surface area contributed by atoms with Crippen molar-refractivity contribution in [2.75, 3.05) is 33.9 Å². The zero-order valence-corrected chi connectivity index (χ0v) is 16.0. The lowest BCUT2D eigenvalue weighted by molar-refractivity contribution is -0.120. The molecule has 27 heavy (non-hydrogen) atoms. The van der Waals surface area contributed by atoms with Gasteiger partial charge in [-0.25, -0.2) is 0 Å². The smallest absolute Gasteiger partial charge is 0.227 e. The lowest BCUT2D eigenvalue weighted by Crippen LogP contribution is -2.37. The second-order valence-corrected chi connectivity index (χ2v) is 6.58. The molecule has 0 radical (unpaired) electrons. The summed E-state index contributed by atoms with van der Waals surface area (Å²) >= 11 is 0. The maximum absolute atomic E-state index is 12.3. The number of aryl methyl sites for hydroxylation is 1. The average Bonchev–Trinajstić information content (AvgIpc) is 3.34. The minimum Gasteiger partial charge on any atom is -0.493 e. The standard InChI is InChI=1S/C19H26N4O4/c1-13-21-18(22-27-13)11-19(24)20-12-15(23-8-4-5-9-23)14-6-7-16(25-2)17(10-14)26-3/h6-7,10,15H,4-5,8-9,11-12H2,1-3H3,(H,20,24). The molecule has 8 heteroatoms. The molecule has 8 nitrogen and oxygen atoms in total. The van der Waals surface area contributed by atoms with Gasteiger partial charge in [0.25, 0.3) is 0 Å². The van der Waals surface area contributed by atoms with Crippen molar-refractivity contribution in [1.29, 1.82) is 0 Å². The summed E-state index contributed by atoms with van der Waals surface area (Å²) in [6.45, 7) is 4.23.